The van der Waals surface area contributed by atoms with E-state index in [1.54, 1.807) is 0 Å². The predicted octanol–water partition coefficient (Wildman–Crippen LogP) is 2.28. The van der Waals surface area contributed by atoms with Crippen molar-refractivity contribution in [2.75, 3.05) is 0 Å². The lowest BCUT2D eigenvalue weighted by atomic mass is 10.0. The van der Waals surface area contributed by atoms with E-state index in [0.29, 0.717) is 12.8 Å². The van der Waals surface area contributed by atoms with Crippen molar-refractivity contribution in [3.63, 3.8) is 0 Å². The van der Waals surface area contributed by atoms with E-state index in [0.717, 1.165) is 11.3 Å². The molecule has 0 saturated carbocycles. The third-order valence-electron chi connectivity index (χ3n) is 2.45. The van der Waals surface area contributed by atoms with E-state index in [2.05, 4.69) is 0 Å². The first kappa shape index (κ1) is 9.25. The number of Topliss-reactive ketones (excluding diaryl/α,β-unsaturated/α-hetero) is 1. The van der Waals surface area contributed by atoms with E-state index in [-0.39, 0.29) is 11.9 Å². The number of aryl methyl sites for hydroxylation is 1. The Morgan fingerprint density at radius 1 is 1.43 bits per heavy atom. The van der Waals surface area contributed by atoms with E-state index in [1.165, 1.54) is 5.56 Å². The molecular formula is C12H14O2. The van der Waals surface area contributed by atoms with Crippen LogP contribution in [0.2, 0.25) is 0 Å². The van der Waals surface area contributed by atoms with E-state index in [4.69, 9.17) is 4.74 Å². The SMILES string of the molecule is Cc1ccc2c(c1)CC(=O)C[C@@H](C)O2. The molecule has 0 aromatic heterocycles. The number of benzene rings is 1. The van der Waals surface area contributed by atoms with E-state index in [1.807, 2.05) is 32.0 Å². The molecule has 0 spiro atoms. The summed E-state index contributed by atoms with van der Waals surface area (Å²) in [6.07, 6.45) is 1.04. The van der Waals surface area contributed by atoms with Gasteiger partial charge in [0.2, 0.25) is 0 Å². The van der Waals surface area contributed by atoms with Crippen LogP contribution >= 0.6 is 0 Å². The molecule has 2 rings (SSSR count). The average Bonchev–Trinajstić information content (AvgIpc) is 2.21. The first-order valence-electron chi connectivity index (χ1n) is 4.93. The van der Waals surface area contributed by atoms with E-state index < -0.39 is 0 Å². The number of hydrogen-bond donors (Lipinski definition) is 0. The molecule has 1 aromatic rings. The van der Waals surface area contributed by atoms with Gasteiger partial charge in [-0.05, 0) is 19.9 Å². The second-order valence-electron chi connectivity index (χ2n) is 3.96. The summed E-state index contributed by atoms with van der Waals surface area (Å²) in [6, 6.07) is 6.01. The molecule has 1 heterocycles. The Labute approximate surface area is 83.9 Å². The van der Waals surface area contributed by atoms with Gasteiger partial charge in [-0.1, -0.05) is 17.7 Å². The molecule has 0 fully saturated rings. The maximum atomic E-state index is 11.5. The number of carbonyl (C=O) groups excluding carboxylic acids is 1. The van der Waals surface area contributed by atoms with Gasteiger partial charge in [0.15, 0.2) is 0 Å². The smallest absolute Gasteiger partial charge is 0.141 e. The third-order valence-corrected chi connectivity index (χ3v) is 2.45. The molecule has 2 heteroatoms. The van der Waals surface area contributed by atoms with Gasteiger partial charge in [-0.25, -0.2) is 0 Å². The molecule has 0 unspecified atom stereocenters. The Balaban J connectivity index is 2.41. The summed E-state index contributed by atoms with van der Waals surface area (Å²) < 4.78 is 5.66. The third kappa shape index (κ3) is 1.79. The molecule has 0 amide bonds. The van der Waals surface area contributed by atoms with Crippen molar-refractivity contribution in [3.8, 4) is 5.75 Å². The summed E-state index contributed by atoms with van der Waals surface area (Å²) in [5.74, 6) is 1.14. The molecule has 1 aromatic carbocycles. The lowest BCUT2D eigenvalue weighted by Crippen LogP contribution is -2.14. The fraction of sp³-hybridized carbons (Fsp3) is 0.417. The standard InChI is InChI=1S/C12H14O2/c1-8-3-4-12-10(5-8)7-11(13)6-9(2)14-12/h3-5,9H,6-7H2,1-2H3/t9-/m1/s1. The van der Waals surface area contributed by atoms with Gasteiger partial charge in [-0.3, -0.25) is 4.79 Å². The Bertz CT molecular complexity index is 369. The second kappa shape index (κ2) is 3.45. The van der Waals surface area contributed by atoms with Crippen LogP contribution in [0.15, 0.2) is 18.2 Å². The topological polar surface area (TPSA) is 26.3 Å². The zero-order valence-corrected chi connectivity index (χ0v) is 8.54. The Hall–Kier alpha value is -1.31. The van der Waals surface area contributed by atoms with Crippen LogP contribution in [0.5, 0.6) is 5.75 Å². The van der Waals surface area contributed by atoms with Crippen LogP contribution in [0.1, 0.15) is 24.5 Å². The average molecular weight is 190 g/mol. The quantitative estimate of drug-likeness (QED) is 0.627. The molecule has 0 saturated heterocycles. The Morgan fingerprint density at radius 3 is 3.00 bits per heavy atom. The molecule has 74 valence electrons. The predicted molar refractivity (Wildman–Crippen MR) is 54.6 cm³/mol. The molecule has 14 heavy (non-hydrogen) atoms. The summed E-state index contributed by atoms with van der Waals surface area (Å²) in [6.45, 7) is 3.96. The largest absolute Gasteiger partial charge is 0.490 e. The minimum absolute atomic E-state index is 0.00598. The normalized spacial score (nSPS) is 21.0. The van der Waals surface area contributed by atoms with Crippen molar-refractivity contribution < 1.29 is 9.53 Å². The molecule has 1 aliphatic heterocycles. The van der Waals surface area contributed by atoms with Gasteiger partial charge in [-0.15, -0.1) is 0 Å². The number of ether oxygens (including phenoxy) is 1. The molecule has 0 bridgehead atoms. The maximum Gasteiger partial charge on any atom is 0.141 e. The number of carbonyl (C=O) groups is 1. The van der Waals surface area contributed by atoms with E-state index in [9.17, 15) is 4.79 Å². The van der Waals surface area contributed by atoms with Gasteiger partial charge < -0.3 is 4.74 Å². The highest BCUT2D eigenvalue weighted by Crippen LogP contribution is 2.25. The van der Waals surface area contributed by atoms with Gasteiger partial charge in [0, 0.05) is 18.4 Å². The van der Waals surface area contributed by atoms with Gasteiger partial charge in [0.1, 0.15) is 17.6 Å². The highest BCUT2D eigenvalue weighted by atomic mass is 16.5. The highest BCUT2D eigenvalue weighted by molar-refractivity contribution is 5.82. The van der Waals surface area contributed by atoms with Crippen LogP contribution in [0.3, 0.4) is 0 Å². The number of ketones is 1. The molecule has 1 atom stereocenters. The first-order valence-corrected chi connectivity index (χ1v) is 4.93. The Kier molecular flexibility index (Phi) is 2.28. The first-order chi connectivity index (χ1) is 6.65. The van der Waals surface area contributed by atoms with Gasteiger partial charge >= 0.3 is 0 Å². The van der Waals surface area contributed by atoms with Crippen molar-refractivity contribution in [2.24, 2.45) is 0 Å². The van der Waals surface area contributed by atoms with Crippen LogP contribution in [0, 0.1) is 6.92 Å². The lowest BCUT2D eigenvalue weighted by molar-refractivity contribution is -0.119. The molecular weight excluding hydrogens is 176 g/mol. The van der Waals surface area contributed by atoms with Crippen molar-refractivity contribution in [2.45, 2.75) is 32.8 Å². The van der Waals surface area contributed by atoms with E-state index >= 15 is 0 Å². The Morgan fingerprint density at radius 2 is 2.21 bits per heavy atom. The van der Waals surface area contributed by atoms with Crippen LogP contribution in [0.4, 0.5) is 0 Å². The molecule has 0 aliphatic carbocycles. The van der Waals surface area contributed by atoms with Gasteiger partial charge in [0.05, 0.1) is 0 Å². The van der Waals surface area contributed by atoms with Gasteiger partial charge in [0.25, 0.3) is 0 Å². The van der Waals surface area contributed by atoms with Crippen molar-refractivity contribution in [1.82, 2.24) is 0 Å². The summed E-state index contributed by atoms with van der Waals surface area (Å²) in [4.78, 5) is 11.5. The fourth-order valence-corrected chi connectivity index (χ4v) is 1.82. The highest BCUT2D eigenvalue weighted by Gasteiger charge is 2.19. The minimum Gasteiger partial charge on any atom is -0.490 e. The molecule has 2 nitrogen and oxygen atoms in total. The second-order valence-corrected chi connectivity index (χ2v) is 3.96. The molecule has 0 radical (unpaired) electrons. The molecule has 1 aliphatic rings. The van der Waals surface area contributed by atoms with Crippen LogP contribution in [0.25, 0.3) is 0 Å². The molecule has 0 N–H and O–H groups in total. The van der Waals surface area contributed by atoms with Crippen molar-refractivity contribution >= 4 is 5.78 Å². The van der Waals surface area contributed by atoms with Crippen molar-refractivity contribution in [3.05, 3.63) is 29.3 Å². The summed E-state index contributed by atoms with van der Waals surface area (Å²) in [7, 11) is 0. The van der Waals surface area contributed by atoms with Crippen molar-refractivity contribution in [1.29, 1.82) is 0 Å². The lowest BCUT2D eigenvalue weighted by Gasteiger charge is -2.11. The zero-order chi connectivity index (χ0) is 10.1. The number of fused-ring (bicyclic) bond motifs is 1. The maximum absolute atomic E-state index is 11.5. The number of rotatable bonds is 0. The fourth-order valence-electron chi connectivity index (χ4n) is 1.82. The summed E-state index contributed by atoms with van der Waals surface area (Å²) >= 11 is 0. The van der Waals surface area contributed by atoms with Crippen LogP contribution < -0.4 is 4.74 Å². The monoisotopic (exact) mass is 190 g/mol. The summed E-state index contributed by atoms with van der Waals surface area (Å²) in [5.41, 5.74) is 2.20. The zero-order valence-electron chi connectivity index (χ0n) is 8.54. The van der Waals surface area contributed by atoms with Crippen LogP contribution in [-0.2, 0) is 11.2 Å². The minimum atomic E-state index is 0.00598. The van der Waals surface area contributed by atoms with Gasteiger partial charge in [-0.2, -0.15) is 0 Å². The summed E-state index contributed by atoms with van der Waals surface area (Å²) in [5, 5.41) is 0. The number of hydrogen-bond acceptors (Lipinski definition) is 2. The van der Waals surface area contributed by atoms with Crippen LogP contribution in [-0.4, -0.2) is 11.9 Å².